The summed E-state index contributed by atoms with van der Waals surface area (Å²) in [5.41, 5.74) is 1.67. The maximum atomic E-state index is 11.8. The monoisotopic (exact) mass is 402 g/mol. The van der Waals surface area contributed by atoms with E-state index < -0.39 is 4.92 Å². The summed E-state index contributed by atoms with van der Waals surface area (Å²) in [6.45, 7) is 2.46. The van der Waals surface area contributed by atoms with Gasteiger partial charge in [0, 0.05) is 17.3 Å². The van der Waals surface area contributed by atoms with Crippen molar-refractivity contribution in [3.05, 3.63) is 77.2 Å². The summed E-state index contributed by atoms with van der Waals surface area (Å²) in [6, 6.07) is 16.4. The van der Waals surface area contributed by atoms with Crippen LogP contribution >= 0.6 is 0 Å². The third kappa shape index (κ3) is 3.95. The first-order chi connectivity index (χ1) is 14.7. The molecule has 9 nitrogen and oxygen atoms in total. The van der Waals surface area contributed by atoms with E-state index in [9.17, 15) is 10.1 Å². The molecule has 0 saturated carbocycles. The van der Waals surface area contributed by atoms with E-state index in [0.29, 0.717) is 29.2 Å². The summed E-state index contributed by atoms with van der Waals surface area (Å²) in [5.74, 6) is 0.863. The molecule has 0 fully saturated rings. The Morgan fingerprint density at radius 3 is 2.43 bits per heavy atom. The Balaban J connectivity index is 1.68. The van der Waals surface area contributed by atoms with Crippen LogP contribution in [-0.2, 0) is 0 Å². The van der Waals surface area contributed by atoms with Gasteiger partial charge in [0.25, 0.3) is 0 Å². The van der Waals surface area contributed by atoms with Crippen LogP contribution in [0.4, 0.5) is 28.7 Å². The molecule has 30 heavy (non-hydrogen) atoms. The van der Waals surface area contributed by atoms with Crippen LogP contribution in [0.15, 0.2) is 67.1 Å². The SMILES string of the molecule is CCOc1ccc(Nc2ncnc(Nc3cccc4cccnc34)c2[N+](=O)[O-])cc1. The minimum atomic E-state index is -0.516. The first-order valence-electron chi connectivity index (χ1n) is 9.25. The summed E-state index contributed by atoms with van der Waals surface area (Å²) < 4.78 is 5.42. The lowest BCUT2D eigenvalue weighted by molar-refractivity contribution is -0.383. The second kappa shape index (κ2) is 8.39. The third-order valence-corrected chi connectivity index (χ3v) is 4.32. The van der Waals surface area contributed by atoms with Crippen molar-refractivity contribution in [3.63, 3.8) is 0 Å². The normalized spacial score (nSPS) is 10.6. The van der Waals surface area contributed by atoms with Gasteiger partial charge >= 0.3 is 5.69 Å². The number of aromatic nitrogens is 3. The summed E-state index contributed by atoms with van der Waals surface area (Å²) in [6.07, 6.45) is 2.94. The minimum absolute atomic E-state index is 0.0709. The number of nitrogens with one attached hydrogen (secondary N) is 2. The van der Waals surface area contributed by atoms with Crippen LogP contribution < -0.4 is 15.4 Å². The molecule has 150 valence electrons. The standard InChI is InChI=1S/C21H18N6O3/c1-2-30-16-10-8-15(9-11-16)25-20-19(27(28)29)21(24-13-23-20)26-17-7-3-5-14-6-4-12-22-18(14)17/h3-13H,2H2,1H3,(H2,23,24,25,26). The molecule has 2 N–H and O–H groups in total. The first-order valence-corrected chi connectivity index (χ1v) is 9.25. The van der Waals surface area contributed by atoms with E-state index in [4.69, 9.17) is 4.74 Å². The van der Waals surface area contributed by atoms with E-state index >= 15 is 0 Å². The maximum absolute atomic E-state index is 11.8. The van der Waals surface area contributed by atoms with Crippen LogP contribution in [0.1, 0.15) is 6.92 Å². The Labute approximate surface area is 171 Å². The average molecular weight is 402 g/mol. The van der Waals surface area contributed by atoms with Gasteiger partial charge in [-0.3, -0.25) is 15.1 Å². The second-order valence-corrected chi connectivity index (χ2v) is 6.26. The summed E-state index contributed by atoms with van der Waals surface area (Å²) in [7, 11) is 0. The highest BCUT2D eigenvalue weighted by molar-refractivity contribution is 5.93. The zero-order chi connectivity index (χ0) is 20.9. The Morgan fingerprint density at radius 2 is 1.70 bits per heavy atom. The second-order valence-electron chi connectivity index (χ2n) is 6.26. The van der Waals surface area contributed by atoms with Gasteiger partial charge in [-0.15, -0.1) is 0 Å². The fourth-order valence-corrected chi connectivity index (χ4v) is 3.01. The molecule has 2 aromatic heterocycles. The number of rotatable bonds is 7. The minimum Gasteiger partial charge on any atom is -0.494 e. The highest BCUT2D eigenvalue weighted by Gasteiger charge is 2.24. The van der Waals surface area contributed by atoms with Crippen molar-refractivity contribution >= 4 is 39.6 Å². The van der Waals surface area contributed by atoms with Crippen molar-refractivity contribution < 1.29 is 9.66 Å². The van der Waals surface area contributed by atoms with E-state index in [1.165, 1.54) is 6.33 Å². The lowest BCUT2D eigenvalue weighted by Crippen LogP contribution is -2.06. The Bertz CT molecular complexity index is 1190. The van der Waals surface area contributed by atoms with Gasteiger partial charge in [0.2, 0.25) is 11.6 Å². The molecule has 9 heteroatoms. The fraction of sp³-hybridized carbons (Fsp3) is 0.0952. The van der Waals surface area contributed by atoms with Gasteiger partial charge in [-0.1, -0.05) is 18.2 Å². The Kier molecular flexibility index (Phi) is 5.33. The molecule has 0 atom stereocenters. The average Bonchev–Trinajstić information content (AvgIpc) is 2.75. The maximum Gasteiger partial charge on any atom is 0.353 e. The molecule has 0 aliphatic rings. The summed E-state index contributed by atoms with van der Waals surface area (Å²) in [4.78, 5) is 23.8. The van der Waals surface area contributed by atoms with Crippen molar-refractivity contribution in [1.82, 2.24) is 15.0 Å². The van der Waals surface area contributed by atoms with Crippen LogP contribution in [0.3, 0.4) is 0 Å². The van der Waals surface area contributed by atoms with E-state index in [1.54, 1.807) is 36.5 Å². The van der Waals surface area contributed by atoms with Gasteiger partial charge < -0.3 is 15.4 Å². The van der Waals surface area contributed by atoms with Crippen LogP contribution in [0, 0.1) is 10.1 Å². The molecule has 0 bridgehead atoms. The number of nitrogens with zero attached hydrogens (tertiary/aromatic N) is 4. The predicted molar refractivity (Wildman–Crippen MR) is 115 cm³/mol. The van der Waals surface area contributed by atoms with Crippen LogP contribution in [0.25, 0.3) is 10.9 Å². The third-order valence-electron chi connectivity index (χ3n) is 4.32. The molecular weight excluding hydrogens is 384 g/mol. The van der Waals surface area contributed by atoms with E-state index in [0.717, 1.165) is 5.39 Å². The molecule has 0 saturated heterocycles. The Morgan fingerprint density at radius 1 is 0.967 bits per heavy atom. The molecule has 4 aromatic rings. The van der Waals surface area contributed by atoms with Crippen molar-refractivity contribution in [2.24, 2.45) is 0 Å². The first kappa shape index (κ1) is 19.1. The molecule has 0 aliphatic heterocycles. The lowest BCUT2D eigenvalue weighted by Gasteiger charge is -2.11. The van der Waals surface area contributed by atoms with Crippen LogP contribution in [0.5, 0.6) is 5.75 Å². The number of hydrogen-bond acceptors (Lipinski definition) is 8. The highest BCUT2D eigenvalue weighted by Crippen LogP contribution is 2.34. The quantitative estimate of drug-likeness (QED) is 0.334. The number of fused-ring (bicyclic) bond motifs is 1. The van der Waals surface area contributed by atoms with Crippen molar-refractivity contribution in [2.45, 2.75) is 6.92 Å². The lowest BCUT2D eigenvalue weighted by atomic mass is 10.2. The molecule has 0 unspecified atom stereocenters. The van der Waals surface area contributed by atoms with Gasteiger partial charge in [0.1, 0.15) is 12.1 Å². The van der Waals surface area contributed by atoms with Gasteiger partial charge in [0.15, 0.2) is 0 Å². The molecule has 2 aromatic carbocycles. The van der Waals surface area contributed by atoms with Gasteiger partial charge in [-0.05, 0) is 43.3 Å². The zero-order valence-electron chi connectivity index (χ0n) is 16.1. The molecule has 0 spiro atoms. The number of para-hydroxylation sites is 1. The van der Waals surface area contributed by atoms with Gasteiger partial charge in [0.05, 0.1) is 22.7 Å². The van der Waals surface area contributed by atoms with Crippen LogP contribution in [0.2, 0.25) is 0 Å². The number of pyridine rings is 1. The van der Waals surface area contributed by atoms with E-state index in [1.807, 2.05) is 31.2 Å². The fourth-order valence-electron chi connectivity index (χ4n) is 3.01. The van der Waals surface area contributed by atoms with Crippen molar-refractivity contribution in [1.29, 1.82) is 0 Å². The number of anilines is 4. The highest BCUT2D eigenvalue weighted by atomic mass is 16.6. The van der Waals surface area contributed by atoms with Crippen molar-refractivity contribution in [3.8, 4) is 5.75 Å². The molecule has 0 aliphatic carbocycles. The topological polar surface area (TPSA) is 115 Å². The Hall–Kier alpha value is -4.27. The van der Waals surface area contributed by atoms with Crippen LogP contribution in [-0.4, -0.2) is 26.5 Å². The van der Waals surface area contributed by atoms with Crippen molar-refractivity contribution in [2.75, 3.05) is 17.2 Å². The smallest absolute Gasteiger partial charge is 0.353 e. The predicted octanol–water partition coefficient (Wildman–Crippen LogP) is 4.82. The molecule has 0 radical (unpaired) electrons. The van der Waals surface area contributed by atoms with E-state index in [-0.39, 0.29) is 17.3 Å². The number of hydrogen-bond donors (Lipinski definition) is 2. The van der Waals surface area contributed by atoms with Gasteiger partial charge in [-0.25, -0.2) is 9.97 Å². The number of ether oxygens (including phenoxy) is 1. The molecule has 2 heterocycles. The van der Waals surface area contributed by atoms with Gasteiger partial charge in [-0.2, -0.15) is 0 Å². The van der Waals surface area contributed by atoms with E-state index in [2.05, 4.69) is 25.6 Å². The number of nitro groups is 1. The zero-order valence-corrected chi connectivity index (χ0v) is 16.1. The molecule has 0 amide bonds. The molecule has 4 rings (SSSR count). The summed E-state index contributed by atoms with van der Waals surface area (Å²) in [5, 5.41) is 18.8. The largest absolute Gasteiger partial charge is 0.494 e. The number of benzene rings is 2. The molecular formula is C21H18N6O3. The summed E-state index contributed by atoms with van der Waals surface area (Å²) >= 11 is 0.